The summed E-state index contributed by atoms with van der Waals surface area (Å²) in [5.74, 6) is 0.412. The highest BCUT2D eigenvalue weighted by atomic mass is 32.1. The Morgan fingerprint density at radius 1 is 1.17 bits per heavy atom. The summed E-state index contributed by atoms with van der Waals surface area (Å²) in [6.07, 6.45) is 0.845. The Balaban J connectivity index is 2.08. The number of nitrogens with zero attached hydrogens (tertiary/aromatic N) is 2. The number of rotatable bonds is 6. The molecule has 0 fully saturated rings. The summed E-state index contributed by atoms with van der Waals surface area (Å²) in [6, 6.07) is 13.3. The number of aromatic nitrogens is 1. The minimum absolute atomic E-state index is 0.0416. The lowest BCUT2D eigenvalue weighted by Crippen LogP contribution is -2.16. The van der Waals surface area contributed by atoms with Crippen molar-refractivity contribution in [3.8, 4) is 5.88 Å². The summed E-state index contributed by atoms with van der Waals surface area (Å²) in [5.41, 5.74) is 1.20. The Bertz CT molecular complexity index is 871. The van der Waals surface area contributed by atoms with Crippen molar-refractivity contribution >= 4 is 27.2 Å². The third-order valence-electron chi connectivity index (χ3n) is 3.85. The first-order valence-corrected chi connectivity index (χ1v) is 8.62. The molecule has 0 aliphatic carbocycles. The first-order valence-electron chi connectivity index (χ1n) is 7.81. The van der Waals surface area contributed by atoms with Crippen LogP contribution in [0.4, 0.5) is 0 Å². The van der Waals surface area contributed by atoms with Gasteiger partial charge in [0.25, 0.3) is 0 Å². The Morgan fingerprint density at radius 2 is 1.96 bits per heavy atom. The number of thiophene rings is 1. The standard InChI is InChI=1S/C19H20N2O2S/c1-21(2)12-11-16-18(13-7-4-5-9-15(13)24-16)19(22)14-8-6-10-17(20-14)23-3/h4-10H,11-12H2,1-3H3. The molecule has 1 aromatic carbocycles. The molecule has 3 aromatic rings. The van der Waals surface area contributed by atoms with Gasteiger partial charge in [0.15, 0.2) is 0 Å². The van der Waals surface area contributed by atoms with Crippen molar-refractivity contribution in [1.29, 1.82) is 0 Å². The number of likely N-dealkylation sites (N-methyl/N-ethyl adjacent to an activating group) is 1. The van der Waals surface area contributed by atoms with Gasteiger partial charge in [0.2, 0.25) is 11.7 Å². The van der Waals surface area contributed by atoms with Crippen LogP contribution >= 0.6 is 11.3 Å². The number of fused-ring (bicyclic) bond motifs is 1. The van der Waals surface area contributed by atoms with Crippen LogP contribution in [0.3, 0.4) is 0 Å². The maximum atomic E-state index is 13.1. The molecule has 2 heterocycles. The minimum atomic E-state index is -0.0416. The summed E-state index contributed by atoms with van der Waals surface area (Å²) < 4.78 is 6.29. The highest BCUT2D eigenvalue weighted by molar-refractivity contribution is 7.19. The molecule has 4 nitrogen and oxygen atoms in total. The average Bonchev–Trinajstić information content (AvgIpc) is 2.97. The quantitative estimate of drug-likeness (QED) is 0.643. The van der Waals surface area contributed by atoms with Crippen molar-refractivity contribution in [1.82, 2.24) is 9.88 Å². The molecule has 24 heavy (non-hydrogen) atoms. The number of hydrogen-bond donors (Lipinski definition) is 0. The first kappa shape index (κ1) is 16.6. The van der Waals surface area contributed by atoms with E-state index in [2.05, 4.69) is 16.0 Å². The number of carbonyl (C=O) groups is 1. The molecule has 0 bridgehead atoms. The third kappa shape index (κ3) is 3.32. The molecule has 5 heteroatoms. The van der Waals surface area contributed by atoms with Crippen LogP contribution < -0.4 is 4.74 Å². The summed E-state index contributed by atoms with van der Waals surface area (Å²) in [5, 5.41) is 1.01. The van der Waals surface area contributed by atoms with Crippen molar-refractivity contribution in [3.63, 3.8) is 0 Å². The summed E-state index contributed by atoms with van der Waals surface area (Å²) >= 11 is 1.69. The van der Waals surface area contributed by atoms with E-state index in [4.69, 9.17) is 4.74 Å². The number of benzene rings is 1. The van der Waals surface area contributed by atoms with Crippen molar-refractivity contribution < 1.29 is 9.53 Å². The molecule has 0 atom stereocenters. The first-order chi connectivity index (χ1) is 11.6. The molecular weight excluding hydrogens is 320 g/mol. The van der Waals surface area contributed by atoms with E-state index in [1.807, 2.05) is 32.3 Å². The zero-order chi connectivity index (χ0) is 17.1. The van der Waals surface area contributed by atoms with E-state index in [-0.39, 0.29) is 5.78 Å². The van der Waals surface area contributed by atoms with Gasteiger partial charge in [0.1, 0.15) is 5.69 Å². The van der Waals surface area contributed by atoms with Gasteiger partial charge in [0, 0.05) is 33.1 Å². The summed E-state index contributed by atoms with van der Waals surface area (Å²) in [6.45, 7) is 0.901. The lowest BCUT2D eigenvalue weighted by atomic mass is 10.0. The van der Waals surface area contributed by atoms with Gasteiger partial charge in [0.05, 0.1) is 7.11 Å². The molecule has 0 unspecified atom stereocenters. The average molecular weight is 340 g/mol. The number of pyridine rings is 1. The number of ketones is 1. The third-order valence-corrected chi connectivity index (χ3v) is 5.08. The van der Waals surface area contributed by atoms with Crippen LogP contribution in [-0.4, -0.2) is 43.4 Å². The number of hydrogen-bond acceptors (Lipinski definition) is 5. The molecule has 124 valence electrons. The number of methoxy groups -OCH3 is 1. The molecule has 0 saturated carbocycles. The highest BCUT2D eigenvalue weighted by Gasteiger charge is 2.21. The predicted octanol–water partition coefficient (Wildman–Crippen LogP) is 3.64. The molecule has 0 spiro atoms. The van der Waals surface area contributed by atoms with Gasteiger partial charge in [-0.15, -0.1) is 11.3 Å². The maximum absolute atomic E-state index is 13.1. The Kier molecular flexibility index (Phi) is 4.92. The lowest BCUT2D eigenvalue weighted by molar-refractivity contribution is 0.103. The fourth-order valence-electron chi connectivity index (χ4n) is 2.63. The van der Waals surface area contributed by atoms with Crippen molar-refractivity contribution in [2.75, 3.05) is 27.7 Å². The molecule has 0 amide bonds. The van der Waals surface area contributed by atoms with E-state index < -0.39 is 0 Å². The van der Waals surface area contributed by atoms with Crippen LogP contribution in [-0.2, 0) is 6.42 Å². The Hall–Kier alpha value is -2.24. The summed E-state index contributed by atoms with van der Waals surface area (Å²) in [7, 11) is 5.63. The van der Waals surface area contributed by atoms with Gasteiger partial charge in [-0.3, -0.25) is 4.79 Å². The van der Waals surface area contributed by atoms with Crippen molar-refractivity contribution in [3.05, 3.63) is 58.6 Å². The van der Waals surface area contributed by atoms with Crippen molar-refractivity contribution in [2.24, 2.45) is 0 Å². The van der Waals surface area contributed by atoms with E-state index in [1.54, 1.807) is 36.6 Å². The molecule has 0 saturated heterocycles. The Labute approximate surface area is 145 Å². The van der Waals surface area contributed by atoms with Crippen LogP contribution in [0.15, 0.2) is 42.5 Å². The van der Waals surface area contributed by atoms with Gasteiger partial charge < -0.3 is 9.64 Å². The van der Waals surface area contributed by atoms with Gasteiger partial charge in [-0.2, -0.15) is 0 Å². The molecule has 0 N–H and O–H groups in total. The maximum Gasteiger partial charge on any atom is 0.213 e. The SMILES string of the molecule is COc1cccc(C(=O)c2c(CCN(C)C)sc3ccccc23)n1. The van der Waals surface area contributed by atoms with E-state index in [9.17, 15) is 4.79 Å². The van der Waals surface area contributed by atoms with E-state index in [0.717, 1.165) is 33.5 Å². The molecule has 0 aliphatic heterocycles. The Morgan fingerprint density at radius 3 is 2.71 bits per heavy atom. The zero-order valence-electron chi connectivity index (χ0n) is 14.1. The second kappa shape index (κ2) is 7.11. The van der Waals surface area contributed by atoms with Gasteiger partial charge in [-0.25, -0.2) is 4.98 Å². The second-order valence-electron chi connectivity index (χ2n) is 5.84. The van der Waals surface area contributed by atoms with E-state index >= 15 is 0 Å². The zero-order valence-corrected chi connectivity index (χ0v) is 14.9. The topological polar surface area (TPSA) is 42.4 Å². The van der Waals surface area contributed by atoms with Crippen LogP contribution in [0.1, 0.15) is 20.9 Å². The minimum Gasteiger partial charge on any atom is -0.481 e. The summed E-state index contributed by atoms with van der Waals surface area (Å²) in [4.78, 5) is 20.7. The molecule has 0 aliphatic rings. The fraction of sp³-hybridized carbons (Fsp3) is 0.263. The lowest BCUT2D eigenvalue weighted by Gasteiger charge is -2.09. The van der Waals surface area contributed by atoms with Gasteiger partial charge in [-0.05, 0) is 32.6 Å². The number of ether oxygens (including phenoxy) is 1. The fourth-order valence-corrected chi connectivity index (χ4v) is 3.82. The van der Waals surface area contributed by atoms with E-state index in [1.165, 1.54) is 0 Å². The van der Waals surface area contributed by atoms with Gasteiger partial charge >= 0.3 is 0 Å². The van der Waals surface area contributed by atoms with Crippen molar-refractivity contribution in [2.45, 2.75) is 6.42 Å². The van der Waals surface area contributed by atoms with Crippen LogP contribution in [0.2, 0.25) is 0 Å². The molecule has 0 radical (unpaired) electrons. The predicted molar refractivity (Wildman–Crippen MR) is 98.3 cm³/mol. The number of carbonyl (C=O) groups excluding carboxylic acids is 1. The van der Waals surface area contributed by atoms with Crippen LogP contribution in [0.25, 0.3) is 10.1 Å². The normalized spacial score (nSPS) is 11.2. The second-order valence-corrected chi connectivity index (χ2v) is 6.98. The largest absolute Gasteiger partial charge is 0.481 e. The van der Waals surface area contributed by atoms with Crippen LogP contribution in [0.5, 0.6) is 5.88 Å². The molecule has 3 rings (SSSR count). The molecular formula is C19H20N2O2S. The monoisotopic (exact) mass is 340 g/mol. The van der Waals surface area contributed by atoms with Crippen LogP contribution in [0, 0.1) is 0 Å². The van der Waals surface area contributed by atoms with E-state index in [0.29, 0.717) is 11.6 Å². The van der Waals surface area contributed by atoms with Gasteiger partial charge in [-0.1, -0.05) is 24.3 Å². The highest BCUT2D eigenvalue weighted by Crippen LogP contribution is 2.33. The molecule has 2 aromatic heterocycles. The smallest absolute Gasteiger partial charge is 0.213 e.